The number of benzene rings is 1. The van der Waals surface area contributed by atoms with Gasteiger partial charge in [-0.2, -0.15) is 0 Å². The molecule has 1 aromatic carbocycles. The summed E-state index contributed by atoms with van der Waals surface area (Å²) in [6.07, 6.45) is -0.757. The van der Waals surface area contributed by atoms with E-state index in [2.05, 4.69) is 0 Å². The topological polar surface area (TPSA) is 57.2 Å². The van der Waals surface area contributed by atoms with Crippen LogP contribution in [0.3, 0.4) is 0 Å². The Balaban J connectivity index is 2.66. The van der Waals surface area contributed by atoms with Gasteiger partial charge in [-0.05, 0) is 18.2 Å². The van der Waals surface area contributed by atoms with Crippen LogP contribution in [0.5, 0.6) is 11.5 Å². The molecule has 0 saturated carbocycles. The standard InChI is InChI=1S/C13H20O5/c1-15-6-7-18-9-12(14)11-8-10(16-2)4-5-13(11)17-3/h4-5,8,12,14H,6-7,9H2,1-3H3. The molecule has 18 heavy (non-hydrogen) atoms. The maximum Gasteiger partial charge on any atom is 0.125 e. The molecule has 1 atom stereocenters. The zero-order valence-corrected chi connectivity index (χ0v) is 11.0. The van der Waals surface area contributed by atoms with E-state index in [0.29, 0.717) is 30.3 Å². The highest BCUT2D eigenvalue weighted by Gasteiger charge is 2.14. The maximum absolute atomic E-state index is 10.1. The molecule has 0 radical (unpaired) electrons. The van der Waals surface area contributed by atoms with Crippen molar-refractivity contribution in [2.24, 2.45) is 0 Å². The Hall–Kier alpha value is -1.30. The van der Waals surface area contributed by atoms with Gasteiger partial charge in [-0.25, -0.2) is 0 Å². The van der Waals surface area contributed by atoms with Gasteiger partial charge in [-0.15, -0.1) is 0 Å². The predicted octanol–water partition coefficient (Wildman–Crippen LogP) is 1.40. The average Bonchev–Trinajstić information content (AvgIpc) is 2.42. The van der Waals surface area contributed by atoms with Gasteiger partial charge in [0, 0.05) is 12.7 Å². The summed E-state index contributed by atoms with van der Waals surface area (Å²) in [7, 11) is 4.74. The van der Waals surface area contributed by atoms with Crippen molar-refractivity contribution >= 4 is 0 Å². The zero-order valence-electron chi connectivity index (χ0n) is 11.0. The van der Waals surface area contributed by atoms with Crippen molar-refractivity contribution in [3.63, 3.8) is 0 Å². The molecule has 0 fully saturated rings. The van der Waals surface area contributed by atoms with Crippen LogP contribution in [0.4, 0.5) is 0 Å². The van der Waals surface area contributed by atoms with E-state index in [1.54, 1.807) is 39.5 Å². The van der Waals surface area contributed by atoms with Gasteiger partial charge in [-0.1, -0.05) is 0 Å². The van der Waals surface area contributed by atoms with Gasteiger partial charge in [0.25, 0.3) is 0 Å². The van der Waals surface area contributed by atoms with E-state index in [1.165, 1.54) is 0 Å². The van der Waals surface area contributed by atoms with Crippen LogP contribution in [0.25, 0.3) is 0 Å². The molecule has 0 amide bonds. The molecule has 0 aliphatic rings. The van der Waals surface area contributed by atoms with Crippen molar-refractivity contribution in [1.82, 2.24) is 0 Å². The molecule has 0 spiro atoms. The van der Waals surface area contributed by atoms with E-state index >= 15 is 0 Å². The van der Waals surface area contributed by atoms with E-state index in [-0.39, 0.29) is 6.61 Å². The van der Waals surface area contributed by atoms with E-state index in [0.717, 1.165) is 0 Å². The van der Waals surface area contributed by atoms with Gasteiger partial charge in [0.2, 0.25) is 0 Å². The Kier molecular flexibility index (Phi) is 6.49. The monoisotopic (exact) mass is 256 g/mol. The molecule has 0 bridgehead atoms. The minimum atomic E-state index is -0.757. The first-order valence-corrected chi connectivity index (χ1v) is 5.69. The summed E-state index contributed by atoms with van der Waals surface area (Å²) in [5.74, 6) is 1.28. The summed E-state index contributed by atoms with van der Waals surface area (Å²) in [5.41, 5.74) is 0.647. The highest BCUT2D eigenvalue weighted by atomic mass is 16.5. The first kappa shape index (κ1) is 14.8. The fourth-order valence-corrected chi connectivity index (χ4v) is 1.53. The molecule has 0 saturated heterocycles. The van der Waals surface area contributed by atoms with Crippen molar-refractivity contribution in [2.75, 3.05) is 41.2 Å². The quantitative estimate of drug-likeness (QED) is 0.712. The van der Waals surface area contributed by atoms with Crippen LogP contribution in [0.1, 0.15) is 11.7 Å². The molecule has 1 N–H and O–H groups in total. The molecule has 1 unspecified atom stereocenters. The highest BCUT2D eigenvalue weighted by molar-refractivity contribution is 5.41. The number of hydrogen-bond donors (Lipinski definition) is 1. The summed E-state index contributed by atoms with van der Waals surface area (Å²) < 4.78 is 20.5. The van der Waals surface area contributed by atoms with Crippen molar-refractivity contribution in [2.45, 2.75) is 6.10 Å². The number of methoxy groups -OCH3 is 3. The molecular formula is C13H20O5. The largest absolute Gasteiger partial charge is 0.497 e. The smallest absolute Gasteiger partial charge is 0.125 e. The van der Waals surface area contributed by atoms with E-state index < -0.39 is 6.10 Å². The second kappa shape index (κ2) is 7.92. The lowest BCUT2D eigenvalue weighted by atomic mass is 10.1. The van der Waals surface area contributed by atoms with Crippen LogP contribution >= 0.6 is 0 Å². The molecule has 1 aromatic rings. The Morgan fingerprint density at radius 2 is 1.89 bits per heavy atom. The third kappa shape index (κ3) is 4.18. The lowest BCUT2D eigenvalue weighted by Crippen LogP contribution is -2.11. The summed E-state index contributed by atoms with van der Waals surface area (Å²) in [4.78, 5) is 0. The molecule has 5 heteroatoms. The Morgan fingerprint density at radius 3 is 2.50 bits per heavy atom. The number of aliphatic hydroxyl groups is 1. The van der Waals surface area contributed by atoms with Crippen LogP contribution in [0.15, 0.2) is 18.2 Å². The minimum absolute atomic E-state index is 0.187. The van der Waals surface area contributed by atoms with E-state index in [9.17, 15) is 5.11 Å². The van der Waals surface area contributed by atoms with Gasteiger partial charge in [0.1, 0.15) is 17.6 Å². The molecule has 0 aromatic heterocycles. The maximum atomic E-state index is 10.1. The summed E-state index contributed by atoms with van der Waals surface area (Å²) in [5, 5.41) is 10.1. The fourth-order valence-electron chi connectivity index (χ4n) is 1.53. The third-order valence-corrected chi connectivity index (χ3v) is 2.50. The summed E-state index contributed by atoms with van der Waals surface area (Å²) >= 11 is 0. The Bertz CT molecular complexity index is 353. The van der Waals surface area contributed by atoms with E-state index in [4.69, 9.17) is 18.9 Å². The zero-order chi connectivity index (χ0) is 13.4. The van der Waals surface area contributed by atoms with Gasteiger partial charge >= 0.3 is 0 Å². The molecule has 1 rings (SSSR count). The van der Waals surface area contributed by atoms with Crippen LogP contribution in [-0.4, -0.2) is 46.3 Å². The first-order valence-electron chi connectivity index (χ1n) is 5.69. The molecule has 0 aliphatic carbocycles. The van der Waals surface area contributed by atoms with Crippen molar-refractivity contribution in [3.05, 3.63) is 23.8 Å². The summed E-state index contributed by atoms with van der Waals surface area (Å²) in [6.45, 7) is 1.13. The SMILES string of the molecule is COCCOCC(O)c1cc(OC)ccc1OC. The normalized spacial score (nSPS) is 12.2. The first-order chi connectivity index (χ1) is 8.72. The Labute approximate surface area is 107 Å². The van der Waals surface area contributed by atoms with Gasteiger partial charge < -0.3 is 24.1 Å². The molecule has 5 nitrogen and oxygen atoms in total. The van der Waals surface area contributed by atoms with Crippen LogP contribution in [0, 0.1) is 0 Å². The molecule has 102 valence electrons. The fraction of sp³-hybridized carbons (Fsp3) is 0.538. The predicted molar refractivity (Wildman–Crippen MR) is 67.2 cm³/mol. The molecule has 0 heterocycles. The second-order valence-electron chi connectivity index (χ2n) is 3.69. The van der Waals surface area contributed by atoms with Crippen molar-refractivity contribution in [1.29, 1.82) is 0 Å². The molecular weight excluding hydrogens is 236 g/mol. The number of aliphatic hydroxyl groups excluding tert-OH is 1. The number of ether oxygens (including phenoxy) is 4. The van der Waals surface area contributed by atoms with Crippen LogP contribution in [0.2, 0.25) is 0 Å². The third-order valence-electron chi connectivity index (χ3n) is 2.50. The second-order valence-corrected chi connectivity index (χ2v) is 3.69. The molecule has 0 aliphatic heterocycles. The number of hydrogen-bond acceptors (Lipinski definition) is 5. The van der Waals surface area contributed by atoms with Crippen molar-refractivity contribution < 1.29 is 24.1 Å². The van der Waals surface area contributed by atoms with Gasteiger partial charge in [-0.3, -0.25) is 0 Å². The average molecular weight is 256 g/mol. The summed E-state index contributed by atoms with van der Waals surface area (Å²) in [6, 6.07) is 5.27. The number of rotatable bonds is 8. The highest BCUT2D eigenvalue weighted by Crippen LogP contribution is 2.29. The Morgan fingerprint density at radius 1 is 1.11 bits per heavy atom. The van der Waals surface area contributed by atoms with Gasteiger partial charge in [0.15, 0.2) is 0 Å². The van der Waals surface area contributed by atoms with Crippen LogP contribution < -0.4 is 9.47 Å². The lowest BCUT2D eigenvalue weighted by molar-refractivity contribution is 0.0117. The van der Waals surface area contributed by atoms with Crippen molar-refractivity contribution in [3.8, 4) is 11.5 Å². The van der Waals surface area contributed by atoms with E-state index in [1.807, 2.05) is 0 Å². The van der Waals surface area contributed by atoms with Crippen LogP contribution in [-0.2, 0) is 9.47 Å². The minimum Gasteiger partial charge on any atom is -0.497 e. The lowest BCUT2D eigenvalue weighted by Gasteiger charge is -2.16. The van der Waals surface area contributed by atoms with Gasteiger partial charge in [0.05, 0.1) is 34.0 Å².